The molecule has 0 spiro atoms. The molecule has 2 atom stereocenters. The second kappa shape index (κ2) is 23.8. The van der Waals surface area contributed by atoms with E-state index in [2.05, 4.69) is 6.92 Å². The summed E-state index contributed by atoms with van der Waals surface area (Å²) in [6.45, 7) is 2.30. The van der Waals surface area contributed by atoms with E-state index >= 15 is 0 Å². The number of carbonyl (C=O) groups is 1. The average Bonchev–Trinajstić information content (AvgIpc) is 3.55. The van der Waals surface area contributed by atoms with Gasteiger partial charge in [-0.3, -0.25) is 0 Å². The Morgan fingerprint density at radius 2 is 0.781 bits per heavy atom. The quantitative estimate of drug-likeness (QED) is 0.0901. The standard InChI is InChI=1S/C31H60O/c1-2-3-4-5-6-7-8-9-10-11-12-13-14-17-20-23-26-30-29-31(30)27-24-21-18-15-16-19-22-25-28-32/h28,30-31H,2-27,29H2,1H3/t30-,31+/m0/s1. The monoisotopic (exact) mass is 448 g/mol. The van der Waals surface area contributed by atoms with Crippen LogP contribution in [0.2, 0.25) is 0 Å². The van der Waals surface area contributed by atoms with E-state index in [9.17, 15) is 4.79 Å². The molecule has 1 aliphatic carbocycles. The Hall–Kier alpha value is -0.330. The summed E-state index contributed by atoms with van der Waals surface area (Å²) in [5.74, 6) is 2.20. The minimum Gasteiger partial charge on any atom is -0.303 e. The van der Waals surface area contributed by atoms with Gasteiger partial charge in [0.2, 0.25) is 0 Å². The van der Waals surface area contributed by atoms with E-state index < -0.39 is 0 Å². The van der Waals surface area contributed by atoms with E-state index in [4.69, 9.17) is 0 Å². The van der Waals surface area contributed by atoms with Crippen molar-refractivity contribution in [3.8, 4) is 0 Å². The fraction of sp³-hybridized carbons (Fsp3) is 0.968. The van der Waals surface area contributed by atoms with Crippen molar-refractivity contribution in [2.75, 3.05) is 0 Å². The van der Waals surface area contributed by atoms with Crippen molar-refractivity contribution in [2.24, 2.45) is 11.8 Å². The second-order valence-corrected chi connectivity index (χ2v) is 11.1. The highest BCUT2D eigenvalue weighted by Crippen LogP contribution is 2.45. The Morgan fingerprint density at radius 1 is 0.469 bits per heavy atom. The van der Waals surface area contributed by atoms with Crippen LogP contribution in [-0.2, 0) is 4.79 Å². The molecule has 1 saturated carbocycles. The fourth-order valence-electron chi connectivity index (χ4n) is 5.49. The lowest BCUT2D eigenvalue weighted by Crippen LogP contribution is -1.87. The molecule has 0 radical (unpaired) electrons. The average molecular weight is 449 g/mol. The maximum absolute atomic E-state index is 10.3. The van der Waals surface area contributed by atoms with Gasteiger partial charge < -0.3 is 4.79 Å². The number of hydrogen-bond acceptors (Lipinski definition) is 1. The first-order valence-electron chi connectivity index (χ1n) is 15.3. The number of rotatable bonds is 27. The predicted molar refractivity (Wildman–Crippen MR) is 143 cm³/mol. The molecule has 1 aliphatic rings. The van der Waals surface area contributed by atoms with E-state index in [0.717, 1.165) is 31.0 Å². The lowest BCUT2D eigenvalue weighted by atomic mass is 10.0. The molecule has 0 amide bonds. The van der Waals surface area contributed by atoms with Gasteiger partial charge in [0.05, 0.1) is 0 Å². The first-order valence-corrected chi connectivity index (χ1v) is 15.3. The van der Waals surface area contributed by atoms with Crippen LogP contribution < -0.4 is 0 Å². The van der Waals surface area contributed by atoms with Crippen molar-refractivity contribution >= 4 is 6.29 Å². The van der Waals surface area contributed by atoms with Gasteiger partial charge in [-0.1, -0.05) is 161 Å². The molecule has 1 rings (SSSR count). The van der Waals surface area contributed by atoms with Crippen LogP contribution in [0.3, 0.4) is 0 Å². The van der Waals surface area contributed by atoms with Gasteiger partial charge in [0.25, 0.3) is 0 Å². The van der Waals surface area contributed by atoms with E-state index in [1.165, 1.54) is 154 Å². The molecule has 0 unspecified atom stereocenters. The molecule has 190 valence electrons. The third kappa shape index (κ3) is 20.3. The van der Waals surface area contributed by atoms with Crippen molar-refractivity contribution in [1.29, 1.82) is 0 Å². The minimum atomic E-state index is 0.766. The van der Waals surface area contributed by atoms with Gasteiger partial charge >= 0.3 is 0 Å². The molecular weight excluding hydrogens is 388 g/mol. The Balaban J connectivity index is 1.68. The third-order valence-corrected chi connectivity index (χ3v) is 7.89. The smallest absolute Gasteiger partial charge is 0.119 e. The summed E-state index contributed by atoms with van der Waals surface area (Å²) in [7, 11) is 0. The summed E-state index contributed by atoms with van der Waals surface area (Å²) in [4.78, 5) is 10.3. The summed E-state index contributed by atoms with van der Waals surface area (Å²) in [5, 5.41) is 0. The van der Waals surface area contributed by atoms with Gasteiger partial charge in [-0.05, 0) is 24.7 Å². The van der Waals surface area contributed by atoms with Gasteiger partial charge in [0.1, 0.15) is 6.29 Å². The number of aldehydes is 1. The largest absolute Gasteiger partial charge is 0.303 e. The van der Waals surface area contributed by atoms with E-state index in [1.807, 2.05) is 0 Å². The highest BCUT2D eigenvalue weighted by atomic mass is 16.1. The van der Waals surface area contributed by atoms with Crippen molar-refractivity contribution in [2.45, 2.75) is 180 Å². The first kappa shape index (κ1) is 29.7. The van der Waals surface area contributed by atoms with Crippen molar-refractivity contribution < 1.29 is 4.79 Å². The molecule has 0 aliphatic heterocycles. The summed E-state index contributed by atoms with van der Waals surface area (Å²) in [6.07, 6.45) is 39.4. The van der Waals surface area contributed by atoms with Gasteiger partial charge in [0, 0.05) is 6.42 Å². The summed E-state index contributed by atoms with van der Waals surface area (Å²) in [5.41, 5.74) is 0. The van der Waals surface area contributed by atoms with Crippen LogP contribution in [0.25, 0.3) is 0 Å². The first-order chi connectivity index (χ1) is 15.9. The molecule has 0 aromatic carbocycles. The van der Waals surface area contributed by atoms with Crippen LogP contribution in [0.15, 0.2) is 0 Å². The molecule has 0 aromatic heterocycles. The molecule has 0 bridgehead atoms. The normalized spacial score (nSPS) is 17.7. The van der Waals surface area contributed by atoms with Crippen molar-refractivity contribution in [3.63, 3.8) is 0 Å². The SMILES string of the molecule is CCCCCCCCCCCCCCCCCC[C@H]1C[C@H]1CCCCCCCCCC=O. The number of hydrogen-bond donors (Lipinski definition) is 0. The summed E-state index contributed by atoms with van der Waals surface area (Å²) < 4.78 is 0. The zero-order valence-electron chi connectivity index (χ0n) is 22.2. The minimum absolute atomic E-state index is 0.766. The van der Waals surface area contributed by atoms with Crippen LogP contribution in [0.4, 0.5) is 0 Å². The van der Waals surface area contributed by atoms with Gasteiger partial charge in [-0.25, -0.2) is 0 Å². The summed E-state index contributed by atoms with van der Waals surface area (Å²) >= 11 is 0. The van der Waals surface area contributed by atoms with Crippen LogP contribution in [0, 0.1) is 11.8 Å². The topological polar surface area (TPSA) is 17.1 Å². The van der Waals surface area contributed by atoms with E-state index in [1.54, 1.807) is 6.42 Å². The molecular formula is C31H60O. The lowest BCUT2D eigenvalue weighted by molar-refractivity contribution is -0.107. The fourth-order valence-corrected chi connectivity index (χ4v) is 5.49. The Kier molecular flexibility index (Phi) is 22.1. The molecule has 1 fully saturated rings. The Labute approximate surface area is 203 Å². The predicted octanol–water partition coefficient (Wildman–Crippen LogP) is 11.0. The highest BCUT2D eigenvalue weighted by molar-refractivity contribution is 5.48. The molecule has 0 saturated heterocycles. The van der Waals surface area contributed by atoms with Crippen molar-refractivity contribution in [3.05, 3.63) is 0 Å². The molecule has 0 aromatic rings. The lowest BCUT2D eigenvalue weighted by Gasteiger charge is -2.04. The van der Waals surface area contributed by atoms with Crippen LogP contribution in [-0.4, -0.2) is 6.29 Å². The number of unbranched alkanes of at least 4 members (excludes halogenated alkanes) is 22. The molecule has 0 N–H and O–H groups in total. The highest BCUT2D eigenvalue weighted by Gasteiger charge is 2.34. The maximum atomic E-state index is 10.3. The van der Waals surface area contributed by atoms with Gasteiger partial charge in [-0.2, -0.15) is 0 Å². The molecule has 0 heterocycles. The van der Waals surface area contributed by atoms with Gasteiger partial charge in [0.15, 0.2) is 0 Å². The Morgan fingerprint density at radius 3 is 1.12 bits per heavy atom. The van der Waals surface area contributed by atoms with Crippen LogP contribution >= 0.6 is 0 Å². The van der Waals surface area contributed by atoms with Gasteiger partial charge in [-0.15, -0.1) is 0 Å². The van der Waals surface area contributed by atoms with Crippen LogP contribution in [0.1, 0.15) is 180 Å². The second-order valence-electron chi connectivity index (χ2n) is 11.1. The van der Waals surface area contributed by atoms with Crippen LogP contribution in [0.5, 0.6) is 0 Å². The Bertz CT molecular complexity index is 377. The molecule has 1 nitrogen and oxygen atoms in total. The number of carbonyl (C=O) groups excluding carboxylic acids is 1. The molecule has 32 heavy (non-hydrogen) atoms. The zero-order valence-corrected chi connectivity index (χ0v) is 22.2. The van der Waals surface area contributed by atoms with E-state index in [-0.39, 0.29) is 0 Å². The molecule has 1 heteroatoms. The third-order valence-electron chi connectivity index (χ3n) is 7.89. The maximum Gasteiger partial charge on any atom is 0.119 e. The van der Waals surface area contributed by atoms with Crippen molar-refractivity contribution in [1.82, 2.24) is 0 Å². The van der Waals surface area contributed by atoms with E-state index in [0.29, 0.717) is 0 Å². The summed E-state index contributed by atoms with van der Waals surface area (Å²) in [6, 6.07) is 0. The zero-order chi connectivity index (χ0) is 23.0.